The van der Waals surface area contributed by atoms with Crippen LogP contribution in [0.4, 0.5) is 0 Å². The number of amides is 1. The van der Waals surface area contributed by atoms with Gasteiger partial charge < -0.3 is 20.5 Å². The first-order chi connectivity index (χ1) is 10.1. The lowest BCUT2D eigenvalue weighted by molar-refractivity contribution is -0.121. The van der Waals surface area contributed by atoms with Crippen molar-refractivity contribution >= 4 is 5.91 Å². The third kappa shape index (κ3) is 4.63. The Morgan fingerprint density at radius 1 is 1.29 bits per heavy atom. The second-order valence-corrected chi connectivity index (χ2v) is 5.56. The topological polar surface area (TPSA) is 73.6 Å². The Hall–Kier alpha value is -1.75. The number of ether oxygens (including phenoxy) is 2. The van der Waals surface area contributed by atoms with Crippen LogP contribution in [-0.2, 0) is 4.79 Å². The zero-order valence-electron chi connectivity index (χ0n) is 12.7. The number of hydrogen-bond acceptors (Lipinski definition) is 4. The Morgan fingerprint density at radius 2 is 2.00 bits per heavy atom. The van der Waals surface area contributed by atoms with Gasteiger partial charge in [-0.2, -0.15) is 0 Å². The minimum atomic E-state index is -0.0522. The molecule has 1 aliphatic rings. The first kappa shape index (κ1) is 15.6. The minimum absolute atomic E-state index is 0.0522. The lowest BCUT2D eigenvalue weighted by atomic mass is 10.1. The van der Waals surface area contributed by atoms with Gasteiger partial charge in [0.2, 0.25) is 5.91 Å². The molecule has 1 heterocycles. The van der Waals surface area contributed by atoms with E-state index in [1.54, 1.807) is 0 Å². The van der Waals surface area contributed by atoms with Gasteiger partial charge >= 0.3 is 0 Å². The van der Waals surface area contributed by atoms with E-state index in [1.165, 1.54) is 0 Å². The summed E-state index contributed by atoms with van der Waals surface area (Å²) in [4.78, 5) is 11.9. The molecular formula is C16H24N2O3. The molecule has 1 aromatic rings. The molecule has 2 unspecified atom stereocenters. The monoisotopic (exact) mass is 292 g/mol. The third-order valence-corrected chi connectivity index (χ3v) is 3.51. The van der Waals surface area contributed by atoms with Crippen molar-refractivity contribution in [3.63, 3.8) is 0 Å². The fraction of sp³-hybridized carbons (Fsp3) is 0.562. The van der Waals surface area contributed by atoms with E-state index in [9.17, 15) is 4.79 Å². The highest BCUT2D eigenvalue weighted by Gasteiger charge is 2.15. The van der Waals surface area contributed by atoms with Crippen LogP contribution in [0.5, 0.6) is 11.5 Å². The molecule has 2 atom stereocenters. The average molecular weight is 292 g/mol. The van der Waals surface area contributed by atoms with Crippen LogP contribution < -0.4 is 20.5 Å². The predicted octanol–water partition coefficient (Wildman–Crippen LogP) is 2.15. The molecule has 1 aliphatic heterocycles. The molecule has 0 saturated carbocycles. The van der Waals surface area contributed by atoms with Gasteiger partial charge in [0.05, 0.1) is 6.04 Å². The first-order valence-corrected chi connectivity index (χ1v) is 7.50. The van der Waals surface area contributed by atoms with Crippen molar-refractivity contribution in [3.8, 4) is 11.5 Å². The zero-order chi connectivity index (χ0) is 15.2. The van der Waals surface area contributed by atoms with E-state index in [4.69, 9.17) is 15.2 Å². The van der Waals surface area contributed by atoms with Crippen molar-refractivity contribution in [1.29, 1.82) is 0 Å². The molecule has 0 radical (unpaired) electrons. The molecule has 1 amide bonds. The highest BCUT2D eigenvalue weighted by Crippen LogP contribution is 2.32. The average Bonchev–Trinajstić information content (AvgIpc) is 2.46. The SMILES string of the molecule is CC(N)CCCC(=O)NC(C)c1ccc2c(c1)OCCO2. The molecule has 0 fully saturated rings. The molecule has 0 aliphatic carbocycles. The van der Waals surface area contributed by atoms with Gasteiger partial charge in [0, 0.05) is 12.5 Å². The van der Waals surface area contributed by atoms with Gasteiger partial charge in [0.15, 0.2) is 11.5 Å². The van der Waals surface area contributed by atoms with Gasteiger partial charge in [0.1, 0.15) is 13.2 Å². The summed E-state index contributed by atoms with van der Waals surface area (Å²) in [5, 5.41) is 3.00. The number of benzene rings is 1. The van der Waals surface area contributed by atoms with Gasteiger partial charge in [-0.3, -0.25) is 4.79 Å². The van der Waals surface area contributed by atoms with Gasteiger partial charge in [-0.1, -0.05) is 6.07 Å². The molecule has 5 heteroatoms. The van der Waals surface area contributed by atoms with Crippen molar-refractivity contribution in [2.75, 3.05) is 13.2 Å². The van der Waals surface area contributed by atoms with Crippen LogP contribution in [0.15, 0.2) is 18.2 Å². The Morgan fingerprint density at radius 3 is 2.71 bits per heavy atom. The molecule has 21 heavy (non-hydrogen) atoms. The third-order valence-electron chi connectivity index (χ3n) is 3.51. The first-order valence-electron chi connectivity index (χ1n) is 7.50. The van der Waals surface area contributed by atoms with Crippen molar-refractivity contribution in [2.45, 2.75) is 45.2 Å². The summed E-state index contributed by atoms with van der Waals surface area (Å²) in [6.07, 6.45) is 2.19. The van der Waals surface area contributed by atoms with Crippen molar-refractivity contribution in [3.05, 3.63) is 23.8 Å². The summed E-state index contributed by atoms with van der Waals surface area (Å²) < 4.78 is 11.0. The Labute approximate surface area is 125 Å². The second-order valence-electron chi connectivity index (χ2n) is 5.56. The molecule has 5 nitrogen and oxygen atoms in total. The summed E-state index contributed by atoms with van der Waals surface area (Å²) in [5.41, 5.74) is 6.69. The van der Waals surface area contributed by atoms with Crippen LogP contribution in [0, 0.1) is 0 Å². The van der Waals surface area contributed by atoms with E-state index in [0.29, 0.717) is 19.6 Å². The Bertz CT molecular complexity index is 488. The van der Waals surface area contributed by atoms with E-state index in [1.807, 2.05) is 32.0 Å². The number of nitrogens with two attached hydrogens (primary N) is 1. The Balaban J connectivity index is 1.88. The molecule has 1 aromatic carbocycles. The van der Waals surface area contributed by atoms with Crippen LogP contribution in [0.2, 0.25) is 0 Å². The highest BCUT2D eigenvalue weighted by molar-refractivity contribution is 5.76. The Kier molecular flexibility index (Phi) is 5.44. The van der Waals surface area contributed by atoms with E-state index in [-0.39, 0.29) is 18.0 Å². The number of fused-ring (bicyclic) bond motifs is 1. The number of hydrogen-bond donors (Lipinski definition) is 2. The molecule has 0 aromatic heterocycles. The number of rotatable bonds is 6. The van der Waals surface area contributed by atoms with Crippen LogP contribution in [-0.4, -0.2) is 25.2 Å². The summed E-state index contributed by atoms with van der Waals surface area (Å²) in [5.74, 6) is 1.57. The summed E-state index contributed by atoms with van der Waals surface area (Å²) in [6, 6.07) is 5.88. The molecule has 3 N–H and O–H groups in total. The number of carbonyl (C=O) groups is 1. The maximum absolute atomic E-state index is 11.9. The largest absolute Gasteiger partial charge is 0.486 e. The quantitative estimate of drug-likeness (QED) is 0.842. The minimum Gasteiger partial charge on any atom is -0.486 e. The normalized spacial score (nSPS) is 16.1. The molecule has 0 bridgehead atoms. The van der Waals surface area contributed by atoms with Crippen LogP contribution in [0.25, 0.3) is 0 Å². The van der Waals surface area contributed by atoms with Crippen molar-refractivity contribution < 1.29 is 14.3 Å². The molecule has 0 saturated heterocycles. The summed E-state index contributed by atoms with van der Waals surface area (Å²) in [7, 11) is 0. The lowest BCUT2D eigenvalue weighted by Crippen LogP contribution is -2.27. The van der Waals surface area contributed by atoms with Gasteiger partial charge in [-0.15, -0.1) is 0 Å². The van der Waals surface area contributed by atoms with Gasteiger partial charge in [-0.25, -0.2) is 0 Å². The predicted molar refractivity (Wildman–Crippen MR) is 81.5 cm³/mol. The zero-order valence-corrected chi connectivity index (χ0v) is 12.7. The molecular weight excluding hydrogens is 268 g/mol. The highest BCUT2D eigenvalue weighted by atomic mass is 16.6. The fourth-order valence-corrected chi connectivity index (χ4v) is 2.31. The summed E-state index contributed by atoms with van der Waals surface area (Å²) in [6.45, 7) is 5.07. The maximum Gasteiger partial charge on any atom is 0.220 e. The standard InChI is InChI=1S/C16H24N2O3/c1-11(17)4-3-5-16(19)18-12(2)13-6-7-14-15(10-13)21-9-8-20-14/h6-7,10-12H,3-5,8-9,17H2,1-2H3,(H,18,19). The van der Waals surface area contributed by atoms with Crippen LogP contribution in [0.3, 0.4) is 0 Å². The maximum atomic E-state index is 11.9. The molecule has 116 valence electrons. The van der Waals surface area contributed by atoms with E-state index < -0.39 is 0 Å². The molecule has 0 spiro atoms. The fourth-order valence-electron chi connectivity index (χ4n) is 2.31. The van der Waals surface area contributed by atoms with E-state index in [0.717, 1.165) is 29.9 Å². The van der Waals surface area contributed by atoms with E-state index >= 15 is 0 Å². The van der Waals surface area contributed by atoms with Gasteiger partial charge in [0.25, 0.3) is 0 Å². The van der Waals surface area contributed by atoms with Crippen LogP contribution >= 0.6 is 0 Å². The van der Waals surface area contributed by atoms with E-state index in [2.05, 4.69) is 5.32 Å². The number of carbonyl (C=O) groups excluding carboxylic acids is 1. The lowest BCUT2D eigenvalue weighted by Gasteiger charge is -2.21. The smallest absolute Gasteiger partial charge is 0.220 e. The van der Waals surface area contributed by atoms with Crippen LogP contribution in [0.1, 0.15) is 44.7 Å². The second kappa shape index (κ2) is 7.31. The van der Waals surface area contributed by atoms with Crippen molar-refractivity contribution in [2.24, 2.45) is 5.73 Å². The molecule has 2 rings (SSSR count). The summed E-state index contributed by atoms with van der Waals surface area (Å²) >= 11 is 0. The van der Waals surface area contributed by atoms with Crippen molar-refractivity contribution in [1.82, 2.24) is 5.32 Å². The van der Waals surface area contributed by atoms with Gasteiger partial charge in [-0.05, 0) is 44.4 Å². The number of nitrogens with one attached hydrogen (secondary N) is 1.